The van der Waals surface area contributed by atoms with Crippen LogP contribution in [0, 0.1) is 6.92 Å². The van der Waals surface area contributed by atoms with Crippen LogP contribution in [0.3, 0.4) is 0 Å². The number of aryl methyl sites for hydroxylation is 1. The highest BCUT2D eigenvalue weighted by Crippen LogP contribution is 2.35. The lowest BCUT2D eigenvalue weighted by Gasteiger charge is -2.18. The minimum Gasteiger partial charge on any atom is -0.496 e. The van der Waals surface area contributed by atoms with Gasteiger partial charge in [0.1, 0.15) is 5.75 Å². The van der Waals surface area contributed by atoms with Gasteiger partial charge in [0, 0.05) is 15.6 Å². The molecule has 0 spiro atoms. The van der Waals surface area contributed by atoms with Crippen LogP contribution in [0.4, 0.5) is 0 Å². The van der Waals surface area contributed by atoms with Gasteiger partial charge in [0.2, 0.25) is 0 Å². The smallest absolute Gasteiger partial charge is 0.282 e. The number of nitrogens with zero attached hydrogens (tertiary/aromatic N) is 3. The van der Waals surface area contributed by atoms with Crippen molar-refractivity contribution in [1.29, 1.82) is 0 Å². The number of benzene rings is 3. The van der Waals surface area contributed by atoms with Crippen LogP contribution >= 0.6 is 15.9 Å². The second kappa shape index (κ2) is 12.0. The zero-order valence-electron chi connectivity index (χ0n) is 23.4. The highest BCUT2D eigenvalue weighted by Gasteiger charge is 2.19. The third-order valence-corrected chi connectivity index (χ3v) is 7.38. The van der Waals surface area contributed by atoms with Crippen molar-refractivity contribution in [3.63, 3.8) is 0 Å². The molecule has 1 heterocycles. The predicted molar refractivity (Wildman–Crippen MR) is 161 cm³/mol. The highest BCUT2D eigenvalue weighted by molar-refractivity contribution is 9.10. The van der Waals surface area contributed by atoms with E-state index in [0.29, 0.717) is 28.2 Å². The van der Waals surface area contributed by atoms with E-state index in [1.165, 1.54) is 4.68 Å². The summed E-state index contributed by atoms with van der Waals surface area (Å²) in [5, 5.41) is 5.15. The quantitative estimate of drug-likeness (QED) is 0.190. The molecule has 0 saturated heterocycles. The zero-order valence-corrected chi connectivity index (χ0v) is 25.0. The summed E-state index contributed by atoms with van der Waals surface area (Å²) in [6, 6.07) is 15.0. The van der Waals surface area contributed by atoms with Gasteiger partial charge in [-0.25, -0.2) is 4.98 Å². The number of hydrogen-bond acceptors (Lipinski definition) is 6. The molecule has 0 unspecified atom stereocenters. The summed E-state index contributed by atoms with van der Waals surface area (Å²) in [4.78, 5) is 18.6. The van der Waals surface area contributed by atoms with Gasteiger partial charge in [0.25, 0.3) is 5.56 Å². The van der Waals surface area contributed by atoms with Gasteiger partial charge in [-0.1, -0.05) is 32.9 Å². The first-order chi connectivity index (χ1) is 18.7. The van der Waals surface area contributed by atoms with Gasteiger partial charge < -0.3 is 14.2 Å². The van der Waals surface area contributed by atoms with E-state index in [-0.39, 0.29) is 17.6 Å². The molecule has 8 heteroatoms. The Kier molecular flexibility index (Phi) is 8.75. The van der Waals surface area contributed by atoms with Crippen molar-refractivity contribution in [2.75, 3.05) is 14.2 Å². The van der Waals surface area contributed by atoms with E-state index in [0.717, 1.165) is 38.9 Å². The minimum atomic E-state index is -0.257. The molecule has 1 atom stereocenters. The molecule has 0 amide bonds. The first-order valence-electron chi connectivity index (χ1n) is 13.0. The number of para-hydroxylation sites is 1. The standard InChI is InChI=1S/C31H34BrN3O4/c1-8-20(5)39-29-16-25(32)21(14-28(29)38-7)17-33-35-30(34-26-12-10-9-11-22(26)31(35)36)24-15-23(18(2)3)27(37-6)13-19(24)4/h9-18,20H,8H2,1-7H3/t20-/m0/s1. The van der Waals surface area contributed by atoms with Crippen LogP contribution < -0.4 is 19.8 Å². The van der Waals surface area contributed by atoms with E-state index in [9.17, 15) is 4.79 Å². The van der Waals surface area contributed by atoms with Crippen molar-refractivity contribution < 1.29 is 14.2 Å². The Morgan fingerprint density at radius 1 is 1.03 bits per heavy atom. The molecular weight excluding hydrogens is 558 g/mol. The lowest BCUT2D eigenvalue weighted by molar-refractivity contribution is 0.207. The average molecular weight is 593 g/mol. The number of hydrogen-bond donors (Lipinski definition) is 0. The van der Waals surface area contributed by atoms with E-state index in [1.54, 1.807) is 26.5 Å². The molecule has 0 saturated carbocycles. The first kappa shape index (κ1) is 28.4. The number of aromatic nitrogens is 2. The maximum absolute atomic E-state index is 13.7. The maximum Gasteiger partial charge on any atom is 0.282 e. The fourth-order valence-electron chi connectivity index (χ4n) is 4.29. The van der Waals surface area contributed by atoms with Crippen molar-refractivity contribution in [3.8, 4) is 28.6 Å². The van der Waals surface area contributed by atoms with Gasteiger partial charge in [-0.05, 0) is 89.6 Å². The van der Waals surface area contributed by atoms with E-state index in [4.69, 9.17) is 19.2 Å². The molecule has 0 aliphatic rings. The molecule has 3 aromatic carbocycles. The summed E-state index contributed by atoms with van der Waals surface area (Å²) < 4.78 is 19.4. The molecule has 4 rings (SSSR count). The fraction of sp³-hybridized carbons (Fsp3) is 0.323. The van der Waals surface area contributed by atoms with Crippen molar-refractivity contribution in [1.82, 2.24) is 9.66 Å². The fourth-order valence-corrected chi connectivity index (χ4v) is 4.72. The number of rotatable bonds is 9. The van der Waals surface area contributed by atoms with Crippen LogP contribution in [-0.4, -0.2) is 36.2 Å². The highest BCUT2D eigenvalue weighted by atomic mass is 79.9. The summed E-state index contributed by atoms with van der Waals surface area (Å²) in [7, 11) is 3.27. The summed E-state index contributed by atoms with van der Waals surface area (Å²) in [6.45, 7) is 10.3. The molecule has 0 fully saturated rings. The number of methoxy groups -OCH3 is 2. The third-order valence-electron chi connectivity index (χ3n) is 6.69. The van der Waals surface area contributed by atoms with Crippen LogP contribution in [0.15, 0.2) is 62.9 Å². The molecule has 1 aromatic heterocycles. The Morgan fingerprint density at radius 3 is 2.41 bits per heavy atom. The second-order valence-electron chi connectivity index (χ2n) is 9.74. The SMILES string of the molecule is CC[C@H](C)Oc1cc(Br)c(C=Nn2c(-c3cc(C(C)C)c(OC)cc3C)nc3ccccc3c2=O)cc1OC. The lowest BCUT2D eigenvalue weighted by Crippen LogP contribution is -2.21. The molecule has 0 radical (unpaired) electrons. The van der Waals surface area contributed by atoms with Crippen molar-refractivity contribution in [2.24, 2.45) is 5.10 Å². The molecule has 4 aromatic rings. The summed E-state index contributed by atoms with van der Waals surface area (Å²) in [6.07, 6.45) is 2.54. The summed E-state index contributed by atoms with van der Waals surface area (Å²) in [5.41, 5.74) is 3.85. The Labute approximate surface area is 237 Å². The Hall–Kier alpha value is -3.65. The van der Waals surface area contributed by atoms with E-state index in [1.807, 2.05) is 56.3 Å². The van der Waals surface area contributed by atoms with Gasteiger partial charge in [0.05, 0.1) is 37.4 Å². The second-order valence-corrected chi connectivity index (χ2v) is 10.6. The molecule has 39 heavy (non-hydrogen) atoms. The maximum atomic E-state index is 13.7. The van der Waals surface area contributed by atoms with Gasteiger partial charge >= 0.3 is 0 Å². The monoisotopic (exact) mass is 591 g/mol. The van der Waals surface area contributed by atoms with Crippen molar-refractivity contribution in [3.05, 3.63) is 80.0 Å². The Balaban J connectivity index is 1.92. The molecular formula is C31H34BrN3O4. The molecule has 0 aliphatic heterocycles. The molecule has 0 aliphatic carbocycles. The average Bonchev–Trinajstić information content (AvgIpc) is 2.92. The van der Waals surface area contributed by atoms with E-state index >= 15 is 0 Å². The van der Waals surface area contributed by atoms with Gasteiger partial charge in [-0.3, -0.25) is 4.79 Å². The van der Waals surface area contributed by atoms with Crippen molar-refractivity contribution >= 4 is 33.0 Å². The van der Waals surface area contributed by atoms with Gasteiger partial charge in [-0.2, -0.15) is 9.78 Å². The number of halogens is 1. The minimum absolute atomic E-state index is 0.0404. The van der Waals surface area contributed by atoms with E-state index in [2.05, 4.69) is 41.8 Å². The van der Waals surface area contributed by atoms with Crippen LogP contribution in [0.2, 0.25) is 0 Å². The first-order valence-corrected chi connectivity index (χ1v) is 13.8. The number of fused-ring (bicyclic) bond motifs is 1. The normalized spacial score (nSPS) is 12.3. The van der Waals surface area contributed by atoms with Crippen LogP contribution in [0.25, 0.3) is 22.3 Å². The Morgan fingerprint density at radius 2 is 1.74 bits per heavy atom. The topological polar surface area (TPSA) is 74.9 Å². The summed E-state index contributed by atoms with van der Waals surface area (Å²) in [5.74, 6) is 2.69. The largest absolute Gasteiger partial charge is 0.496 e. The Bertz CT molecular complexity index is 1590. The van der Waals surface area contributed by atoms with Crippen molar-refractivity contribution in [2.45, 2.75) is 53.1 Å². The molecule has 0 N–H and O–H groups in total. The van der Waals surface area contributed by atoms with Gasteiger partial charge in [0.15, 0.2) is 17.3 Å². The van der Waals surface area contributed by atoms with E-state index < -0.39 is 0 Å². The number of ether oxygens (including phenoxy) is 3. The molecule has 7 nitrogen and oxygen atoms in total. The zero-order chi connectivity index (χ0) is 28.3. The molecule has 0 bridgehead atoms. The van der Waals surface area contributed by atoms with Crippen LogP contribution in [0.5, 0.6) is 17.2 Å². The summed E-state index contributed by atoms with van der Waals surface area (Å²) >= 11 is 3.63. The van der Waals surface area contributed by atoms with Crippen LogP contribution in [0.1, 0.15) is 56.7 Å². The molecule has 204 valence electrons. The predicted octanol–water partition coefficient (Wildman–Crippen LogP) is 7.33. The van der Waals surface area contributed by atoms with Gasteiger partial charge in [-0.15, -0.1) is 0 Å². The third kappa shape index (κ3) is 5.86. The van der Waals surface area contributed by atoms with Crippen LogP contribution in [-0.2, 0) is 0 Å². The lowest BCUT2D eigenvalue weighted by atomic mass is 9.96.